The lowest BCUT2D eigenvalue weighted by Crippen LogP contribution is -2.46. The number of benzene rings is 3. The number of hydrogen-bond acceptors (Lipinski definition) is 4. The summed E-state index contributed by atoms with van der Waals surface area (Å²) in [5.41, 5.74) is 4.11. The van der Waals surface area contributed by atoms with E-state index < -0.39 is 12.1 Å². The van der Waals surface area contributed by atoms with E-state index in [1.807, 2.05) is 61.8 Å². The molecule has 0 saturated heterocycles. The third-order valence-corrected chi connectivity index (χ3v) is 6.54. The van der Waals surface area contributed by atoms with E-state index in [0.29, 0.717) is 22.8 Å². The Morgan fingerprint density at radius 2 is 1.70 bits per heavy atom. The molecule has 0 fully saturated rings. The van der Waals surface area contributed by atoms with E-state index in [1.54, 1.807) is 24.3 Å². The van der Waals surface area contributed by atoms with Crippen LogP contribution in [-0.2, 0) is 11.2 Å². The molecule has 1 aliphatic heterocycles. The molecule has 4 aromatic rings. The third-order valence-electron chi connectivity index (χ3n) is 6.29. The maximum Gasteiger partial charge on any atom is 0.319 e. The number of aliphatic imine (C=N–C) groups is 1. The van der Waals surface area contributed by atoms with Gasteiger partial charge in [-0.05, 0) is 60.2 Å². The summed E-state index contributed by atoms with van der Waals surface area (Å²) < 4.78 is 0. The number of para-hydroxylation sites is 1. The summed E-state index contributed by atoms with van der Waals surface area (Å²) in [4.78, 5) is 36.1. The minimum Gasteiger partial charge on any atom is -0.361 e. The largest absolute Gasteiger partial charge is 0.361 e. The highest BCUT2D eigenvalue weighted by atomic mass is 35.5. The number of urea groups is 1. The first-order valence-electron chi connectivity index (χ1n) is 12.0. The van der Waals surface area contributed by atoms with Crippen LogP contribution in [0.1, 0.15) is 11.1 Å². The summed E-state index contributed by atoms with van der Waals surface area (Å²) in [5.74, 6) is 0.621. The molecule has 0 saturated carbocycles. The molecular weight excluding hydrogens is 488 g/mol. The normalized spacial score (nSPS) is 13.8. The van der Waals surface area contributed by atoms with Gasteiger partial charge < -0.3 is 25.8 Å². The van der Waals surface area contributed by atoms with Crippen molar-refractivity contribution in [2.45, 2.75) is 12.5 Å². The van der Waals surface area contributed by atoms with Crippen molar-refractivity contribution in [2.75, 3.05) is 30.8 Å². The van der Waals surface area contributed by atoms with Gasteiger partial charge in [0.1, 0.15) is 11.9 Å². The van der Waals surface area contributed by atoms with E-state index in [9.17, 15) is 9.59 Å². The molecule has 188 valence electrons. The molecule has 37 heavy (non-hydrogen) atoms. The zero-order valence-corrected chi connectivity index (χ0v) is 21.0. The number of nitrogens with one attached hydrogen (secondary N) is 4. The highest BCUT2D eigenvalue weighted by molar-refractivity contribution is 6.30. The topological polar surface area (TPSA) is 102 Å². The first-order chi connectivity index (χ1) is 18.0. The van der Waals surface area contributed by atoms with Crippen LogP contribution < -0.4 is 16.0 Å². The molecule has 2 heterocycles. The van der Waals surface area contributed by atoms with Crippen LogP contribution in [0.4, 0.5) is 16.2 Å². The van der Waals surface area contributed by atoms with E-state index in [4.69, 9.17) is 11.6 Å². The number of fused-ring (bicyclic) bond motifs is 1. The van der Waals surface area contributed by atoms with Crippen LogP contribution in [0.15, 0.2) is 84.0 Å². The van der Waals surface area contributed by atoms with Crippen molar-refractivity contribution in [3.63, 3.8) is 0 Å². The average Bonchev–Trinajstić information content (AvgIpc) is 3.51. The summed E-state index contributed by atoms with van der Waals surface area (Å²) in [7, 11) is 2.01. The lowest BCUT2D eigenvalue weighted by molar-refractivity contribution is -0.117. The molecule has 3 amide bonds. The number of aromatic nitrogens is 1. The number of rotatable bonds is 7. The molecule has 1 aromatic heterocycles. The second-order valence-electron chi connectivity index (χ2n) is 8.92. The van der Waals surface area contributed by atoms with Gasteiger partial charge in [0.15, 0.2) is 0 Å². The Morgan fingerprint density at radius 3 is 2.43 bits per heavy atom. The fourth-order valence-corrected chi connectivity index (χ4v) is 4.49. The summed E-state index contributed by atoms with van der Waals surface area (Å²) in [6, 6.07) is 20.9. The third kappa shape index (κ3) is 5.76. The smallest absolute Gasteiger partial charge is 0.319 e. The molecule has 4 N–H and O–H groups in total. The number of amidine groups is 1. The maximum atomic E-state index is 13.4. The van der Waals surface area contributed by atoms with Gasteiger partial charge in [-0.25, -0.2) is 4.79 Å². The molecule has 0 spiro atoms. The second kappa shape index (κ2) is 10.8. The minimum absolute atomic E-state index is 0.309. The predicted molar refractivity (Wildman–Crippen MR) is 149 cm³/mol. The van der Waals surface area contributed by atoms with Gasteiger partial charge in [-0.2, -0.15) is 0 Å². The van der Waals surface area contributed by atoms with Crippen LogP contribution in [0.2, 0.25) is 5.02 Å². The monoisotopic (exact) mass is 514 g/mol. The van der Waals surface area contributed by atoms with Gasteiger partial charge in [-0.15, -0.1) is 0 Å². The van der Waals surface area contributed by atoms with Gasteiger partial charge in [-0.3, -0.25) is 9.79 Å². The first kappa shape index (κ1) is 24.4. The Bertz CT molecular complexity index is 1450. The molecule has 0 aliphatic carbocycles. The number of carbonyl (C=O) groups excluding carboxylic acids is 2. The predicted octanol–water partition coefficient (Wildman–Crippen LogP) is 4.88. The number of aromatic amines is 1. The van der Waals surface area contributed by atoms with Crippen LogP contribution in [0, 0.1) is 0 Å². The Morgan fingerprint density at radius 1 is 1.00 bits per heavy atom. The number of likely N-dealkylation sites (N-methyl/N-ethyl adjacent to an activating group) is 1. The minimum atomic E-state index is -0.823. The molecule has 1 aliphatic rings. The highest BCUT2D eigenvalue weighted by Crippen LogP contribution is 2.21. The standard InChI is InChI=1S/C28H27ClN6O2/c1-35-15-14-30-26(35)18-6-10-21(11-7-18)32-27(36)25(16-19-17-31-24-5-3-2-4-23(19)24)34-28(37)33-22-12-8-20(29)9-13-22/h2-13,17,25,31H,14-16H2,1H3,(H,32,36)(H2,33,34,37). The van der Waals surface area contributed by atoms with E-state index in [-0.39, 0.29) is 5.91 Å². The van der Waals surface area contributed by atoms with Crippen molar-refractivity contribution in [1.29, 1.82) is 0 Å². The van der Waals surface area contributed by atoms with Crippen LogP contribution in [-0.4, -0.2) is 53.8 Å². The zero-order chi connectivity index (χ0) is 25.8. The van der Waals surface area contributed by atoms with Crippen LogP contribution in [0.5, 0.6) is 0 Å². The van der Waals surface area contributed by atoms with Crippen molar-refractivity contribution in [2.24, 2.45) is 4.99 Å². The summed E-state index contributed by atoms with van der Waals surface area (Å²) in [6.07, 6.45) is 2.18. The van der Waals surface area contributed by atoms with Gasteiger partial charge in [0.25, 0.3) is 0 Å². The molecule has 5 rings (SSSR count). The lowest BCUT2D eigenvalue weighted by atomic mass is 10.0. The number of H-pyrrole nitrogens is 1. The molecule has 8 nitrogen and oxygen atoms in total. The summed E-state index contributed by atoms with van der Waals surface area (Å²) >= 11 is 5.94. The van der Waals surface area contributed by atoms with E-state index in [0.717, 1.165) is 41.0 Å². The van der Waals surface area contributed by atoms with Crippen molar-refractivity contribution < 1.29 is 9.59 Å². The molecule has 9 heteroatoms. The van der Waals surface area contributed by atoms with Gasteiger partial charge in [0.2, 0.25) is 5.91 Å². The second-order valence-corrected chi connectivity index (χ2v) is 9.35. The Hall–Kier alpha value is -4.30. The lowest BCUT2D eigenvalue weighted by Gasteiger charge is -2.19. The van der Waals surface area contributed by atoms with Crippen molar-refractivity contribution in [3.05, 3.63) is 95.1 Å². The number of amides is 3. The SMILES string of the molecule is CN1CCN=C1c1ccc(NC(=O)C(Cc2c[nH]c3ccccc23)NC(=O)Nc2ccc(Cl)cc2)cc1. The first-order valence-corrected chi connectivity index (χ1v) is 12.4. The number of halogens is 1. The van der Waals surface area contributed by atoms with E-state index in [2.05, 4.69) is 30.8 Å². The van der Waals surface area contributed by atoms with Crippen molar-refractivity contribution >= 4 is 51.7 Å². The molecule has 1 unspecified atom stereocenters. The fraction of sp³-hybridized carbons (Fsp3) is 0.179. The van der Waals surface area contributed by atoms with Gasteiger partial charge in [0, 0.05) is 59.1 Å². The quantitative estimate of drug-likeness (QED) is 0.282. The number of hydrogen-bond donors (Lipinski definition) is 4. The molecular formula is C28H27ClN6O2. The molecule has 0 bridgehead atoms. The molecule has 1 atom stereocenters. The Kier molecular flexibility index (Phi) is 7.09. The van der Waals surface area contributed by atoms with E-state index >= 15 is 0 Å². The van der Waals surface area contributed by atoms with Gasteiger partial charge >= 0.3 is 6.03 Å². The number of carbonyl (C=O) groups is 2. The van der Waals surface area contributed by atoms with E-state index in [1.165, 1.54) is 0 Å². The zero-order valence-electron chi connectivity index (χ0n) is 20.3. The van der Waals surface area contributed by atoms with Crippen LogP contribution in [0.3, 0.4) is 0 Å². The molecule has 0 radical (unpaired) electrons. The summed E-state index contributed by atoms with van der Waals surface area (Å²) in [6.45, 7) is 1.68. The fourth-order valence-electron chi connectivity index (χ4n) is 4.36. The Labute approximate surface area is 219 Å². The maximum absolute atomic E-state index is 13.4. The van der Waals surface area contributed by atoms with Crippen molar-refractivity contribution in [3.8, 4) is 0 Å². The molecule has 3 aromatic carbocycles. The number of anilines is 2. The van der Waals surface area contributed by atoms with Gasteiger partial charge in [-0.1, -0.05) is 29.8 Å². The highest BCUT2D eigenvalue weighted by Gasteiger charge is 2.23. The van der Waals surface area contributed by atoms with Crippen LogP contribution in [0.25, 0.3) is 10.9 Å². The Balaban J connectivity index is 1.33. The average molecular weight is 515 g/mol. The van der Waals surface area contributed by atoms with Crippen molar-refractivity contribution in [1.82, 2.24) is 15.2 Å². The van der Waals surface area contributed by atoms with Gasteiger partial charge in [0.05, 0.1) is 6.54 Å². The van der Waals surface area contributed by atoms with Crippen LogP contribution >= 0.6 is 11.6 Å². The summed E-state index contributed by atoms with van der Waals surface area (Å²) in [5, 5.41) is 10.1. The number of nitrogens with zero attached hydrogens (tertiary/aromatic N) is 2.